The molecule has 130 valence electrons. The van der Waals surface area contributed by atoms with Crippen molar-refractivity contribution >= 4 is 29.2 Å². The molecule has 6 N–H and O–H groups in total. The number of Topliss-reactive ketones (excluding diaryl/α,β-unsaturated/α-hetero) is 3. The third-order valence-corrected chi connectivity index (χ3v) is 3.87. The molecule has 1 aromatic carbocycles. The Bertz CT molecular complexity index is 699. The van der Waals surface area contributed by atoms with E-state index < -0.39 is 29.8 Å². The fraction of sp³-hybridized carbons (Fsp3) is 0.312. The molecule has 0 amide bonds. The van der Waals surface area contributed by atoms with E-state index in [1.54, 1.807) is 18.2 Å². The zero-order valence-electron chi connectivity index (χ0n) is 13.2. The van der Waals surface area contributed by atoms with Crippen LogP contribution in [-0.4, -0.2) is 45.3 Å². The molecule has 0 radical (unpaired) electrons. The molecule has 0 saturated heterocycles. The molecule has 7 nitrogen and oxygen atoms in total. The lowest BCUT2D eigenvalue weighted by molar-refractivity contribution is -0.122. The van der Waals surface area contributed by atoms with E-state index in [9.17, 15) is 19.5 Å². The number of aliphatic hydroxyl groups excluding tert-OH is 1. The summed E-state index contributed by atoms with van der Waals surface area (Å²) in [6.45, 7) is 2.83. The molecule has 1 aromatic rings. The van der Waals surface area contributed by atoms with Gasteiger partial charge in [0.1, 0.15) is 0 Å². The molecule has 8 heteroatoms. The third-order valence-electron chi connectivity index (χ3n) is 3.87. The van der Waals surface area contributed by atoms with E-state index in [1.807, 2.05) is 0 Å². The van der Waals surface area contributed by atoms with Crippen LogP contribution in [0.25, 0.3) is 0 Å². The second-order valence-electron chi connectivity index (χ2n) is 5.39. The van der Waals surface area contributed by atoms with Crippen molar-refractivity contribution in [3.63, 3.8) is 0 Å². The Kier molecular flexibility index (Phi) is 6.94. The van der Waals surface area contributed by atoms with Gasteiger partial charge in [-0.3, -0.25) is 19.0 Å². The molecule has 0 spiro atoms. The summed E-state index contributed by atoms with van der Waals surface area (Å²) >= 11 is 3.64. The smallest absolute Gasteiger partial charge is 0.192 e. The molecular formula is C16H19ClN2O5. The zero-order chi connectivity index (χ0) is 18.6. The van der Waals surface area contributed by atoms with E-state index in [4.69, 9.17) is 16.1 Å². The van der Waals surface area contributed by atoms with Crippen molar-refractivity contribution in [2.75, 3.05) is 0 Å². The van der Waals surface area contributed by atoms with Gasteiger partial charge in [0, 0.05) is 22.3 Å². The van der Waals surface area contributed by atoms with E-state index >= 15 is 0 Å². The summed E-state index contributed by atoms with van der Waals surface area (Å²) in [7, 11) is 0. The first-order chi connectivity index (χ1) is 11.3. The SMILES string of the molecule is CC1=C(C(N)C(=O)[C@@H](N)[C@@H](C)O)C(=O)c2ccccc2C1=O.OCl. The van der Waals surface area contributed by atoms with Crippen LogP contribution in [0.3, 0.4) is 0 Å². The Morgan fingerprint density at radius 1 is 1.08 bits per heavy atom. The summed E-state index contributed by atoms with van der Waals surface area (Å²) in [5.41, 5.74) is 12.1. The molecule has 3 atom stereocenters. The van der Waals surface area contributed by atoms with E-state index in [0.29, 0.717) is 5.56 Å². The van der Waals surface area contributed by atoms with Crippen LogP contribution in [0, 0.1) is 0 Å². The molecule has 0 aromatic heterocycles. The summed E-state index contributed by atoms with van der Waals surface area (Å²) in [4.78, 5) is 37.1. The molecule has 0 fully saturated rings. The monoisotopic (exact) mass is 354 g/mol. The highest BCUT2D eigenvalue weighted by molar-refractivity contribution is 6.28. The topological polar surface area (TPSA) is 144 Å². The number of aliphatic hydroxyl groups is 1. The van der Waals surface area contributed by atoms with Crippen LogP contribution in [-0.2, 0) is 4.79 Å². The van der Waals surface area contributed by atoms with Gasteiger partial charge in [0.25, 0.3) is 0 Å². The lowest BCUT2D eigenvalue weighted by atomic mass is 9.80. The second-order valence-corrected chi connectivity index (χ2v) is 5.39. The summed E-state index contributed by atoms with van der Waals surface area (Å²) in [5.74, 6) is -1.46. The van der Waals surface area contributed by atoms with Gasteiger partial charge in [-0.2, -0.15) is 0 Å². The average Bonchev–Trinajstić information content (AvgIpc) is 2.60. The Labute approximate surface area is 144 Å². The summed E-state index contributed by atoms with van der Waals surface area (Å²) < 4.78 is 6.47. The van der Waals surface area contributed by atoms with E-state index in [0.717, 1.165) is 0 Å². The number of hydrogen-bond donors (Lipinski definition) is 4. The van der Waals surface area contributed by atoms with Crippen molar-refractivity contribution in [3.05, 3.63) is 46.5 Å². The first-order valence-electron chi connectivity index (χ1n) is 7.06. The summed E-state index contributed by atoms with van der Waals surface area (Å²) in [5, 5.41) is 9.41. The van der Waals surface area contributed by atoms with Crippen molar-refractivity contribution in [2.45, 2.75) is 32.0 Å². The van der Waals surface area contributed by atoms with Gasteiger partial charge >= 0.3 is 0 Å². The van der Waals surface area contributed by atoms with Gasteiger partial charge in [-0.25, -0.2) is 0 Å². The fourth-order valence-corrected chi connectivity index (χ4v) is 2.48. The Hall–Kier alpha value is -1.90. The standard InChI is InChI=1S/C16H18N2O4.ClHO/c1-7-11(13(18)16(22)12(17)8(2)19)15(21)10-6-4-3-5-9(10)14(7)20;1-2/h3-6,8,12-13,19H,17-18H2,1-2H3;2H/t8-,12+,13?;/m1./s1. The Balaban J connectivity index is 0.00000139. The van der Waals surface area contributed by atoms with Crippen molar-refractivity contribution in [1.82, 2.24) is 0 Å². The zero-order valence-corrected chi connectivity index (χ0v) is 13.9. The van der Waals surface area contributed by atoms with Crippen LogP contribution in [0.4, 0.5) is 0 Å². The molecule has 2 rings (SSSR count). The molecule has 0 saturated carbocycles. The number of carbonyl (C=O) groups is 3. The molecule has 1 aliphatic rings. The van der Waals surface area contributed by atoms with Crippen molar-refractivity contribution < 1.29 is 24.1 Å². The van der Waals surface area contributed by atoms with Crippen LogP contribution < -0.4 is 11.5 Å². The maximum absolute atomic E-state index is 12.6. The number of ketones is 3. The minimum atomic E-state index is -1.34. The number of benzene rings is 1. The van der Waals surface area contributed by atoms with E-state index in [-0.39, 0.29) is 22.5 Å². The number of allylic oxidation sites excluding steroid dienone is 1. The predicted molar refractivity (Wildman–Crippen MR) is 88.5 cm³/mol. The number of rotatable bonds is 4. The average molecular weight is 355 g/mol. The van der Waals surface area contributed by atoms with Gasteiger partial charge in [0.2, 0.25) is 0 Å². The highest BCUT2D eigenvalue weighted by atomic mass is 35.5. The van der Waals surface area contributed by atoms with Crippen LogP contribution in [0.1, 0.15) is 34.6 Å². The van der Waals surface area contributed by atoms with Crippen molar-refractivity contribution in [2.24, 2.45) is 11.5 Å². The molecule has 0 bridgehead atoms. The fourth-order valence-electron chi connectivity index (χ4n) is 2.48. The first-order valence-corrected chi connectivity index (χ1v) is 7.40. The van der Waals surface area contributed by atoms with Gasteiger partial charge in [-0.1, -0.05) is 24.3 Å². The number of carbonyl (C=O) groups excluding carboxylic acids is 3. The predicted octanol–water partition coefficient (Wildman–Crippen LogP) is 0.119. The minimum absolute atomic E-state index is 0.0511. The number of fused-ring (bicyclic) bond motifs is 1. The highest BCUT2D eigenvalue weighted by Gasteiger charge is 2.37. The normalized spacial score (nSPS) is 17.5. The molecule has 24 heavy (non-hydrogen) atoms. The van der Waals surface area contributed by atoms with Gasteiger partial charge in [-0.15, -0.1) is 0 Å². The highest BCUT2D eigenvalue weighted by Crippen LogP contribution is 2.27. The van der Waals surface area contributed by atoms with Crippen LogP contribution in [0.15, 0.2) is 35.4 Å². The molecular weight excluding hydrogens is 336 g/mol. The van der Waals surface area contributed by atoms with Gasteiger partial charge < -0.3 is 16.6 Å². The lowest BCUT2D eigenvalue weighted by Crippen LogP contribution is -2.51. The van der Waals surface area contributed by atoms with Crippen LogP contribution in [0.2, 0.25) is 0 Å². The van der Waals surface area contributed by atoms with Gasteiger partial charge in [0.05, 0.1) is 30.1 Å². The number of nitrogens with two attached hydrogens (primary N) is 2. The lowest BCUT2D eigenvalue weighted by Gasteiger charge is -2.25. The van der Waals surface area contributed by atoms with Gasteiger partial charge in [-0.05, 0) is 13.8 Å². The van der Waals surface area contributed by atoms with Gasteiger partial charge in [0.15, 0.2) is 17.3 Å². The van der Waals surface area contributed by atoms with Crippen LogP contribution in [0.5, 0.6) is 0 Å². The maximum atomic E-state index is 12.6. The van der Waals surface area contributed by atoms with E-state index in [2.05, 4.69) is 11.9 Å². The number of hydrogen-bond acceptors (Lipinski definition) is 7. The maximum Gasteiger partial charge on any atom is 0.192 e. The van der Waals surface area contributed by atoms with Crippen LogP contribution >= 0.6 is 11.9 Å². The summed E-state index contributed by atoms with van der Waals surface area (Å²) in [6.07, 6.45) is -1.10. The Morgan fingerprint density at radius 3 is 2.00 bits per heavy atom. The molecule has 0 aliphatic heterocycles. The van der Waals surface area contributed by atoms with E-state index in [1.165, 1.54) is 19.9 Å². The minimum Gasteiger partial charge on any atom is -0.391 e. The second kappa shape index (κ2) is 8.27. The number of halogens is 1. The van der Waals surface area contributed by atoms with Crippen molar-refractivity contribution in [1.29, 1.82) is 0 Å². The quantitative estimate of drug-likeness (QED) is 0.601. The largest absolute Gasteiger partial charge is 0.391 e. The Morgan fingerprint density at radius 2 is 1.54 bits per heavy atom. The first kappa shape index (κ1) is 20.1. The molecule has 1 unspecified atom stereocenters. The molecule has 1 aliphatic carbocycles. The van der Waals surface area contributed by atoms with Crippen molar-refractivity contribution in [3.8, 4) is 0 Å². The third kappa shape index (κ3) is 3.61. The summed E-state index contributed by atoms with van der Waals surface area (Å²) in [6, 6.07) is 3.83. The molecule has 0 heterocycles.